The van der Waals surface area contributed by atoms with Crippen LogP contribution in [0.2, 0.25) is 0 Å². The van der Waals surface area contributed by atoms with E-state index in [2.05, 4.69) is 10.0 Å². The van der Waals surface area contributed by atoms with Crippen LogP contribution >= 0.6 is 0 Å². The van der Waals surface area contributed by atoms with Crippen molar-refractivity contribution >= 4 is 15.9 Å². The van der Waals surface area contributed by atoms with Crippen molar-refractivity contribution in [1.82, 2.24) is 10.0 Å². The highest BCUT2D eigenvalue weighted by Gasteiger charge is 2.27. The molecule has 1 aliphatic rings. The predicted molar refractivity (Wildman–Crippen MR) is 71.6 cm³/mol. The van der Waals surface area contributed by atoms with E-state index in [4.69, 9.17) is 5.26 Å². The van der Waals surface area contributed by atoms with E-state index in [-0.39, 0.29) is 30.8 Å². The van der Waals surface area contributed by atoms with Gasteiger partial charge in [-0.2, -0.15) is 5.26 Å². The molecule has 2 N–H and O–H groups in total. The molecular formula is C12H21N3O3S. The van der Waals surface area contributed by atoms with Crippen molar-refractivity contribution in [2.45, 2.75) is 44.6 Å². The van der Waals surface area contributed by atoms with Crippen LogP contribution in [0, 0.1) is 17.2 Å². The lowest BCUT2D eigenvalue weighted by Crippen LogP contribution is -2.44. The zero-order valence-electron chi connectivity index (χ0n) is 11.2. The SMILES string of the molecule is CS(=O)(=O)NC(CC(=O)NCC#N)C1CCCCC1. The van der Waals surface area contributed by atoms with Gasteiger partial charge in [0.1, 0.15) is 6.54 Å². The number of carbonyl (C=O) groups excluding carboxylic acids is 1. The van der Waals surface area contributed by atoms with Gasteiger partial charge < -0.3 is 5.32 Å². The van der Waals surface area contributed by atoms with E-state index in [0.29, 0.717) is 0 Å². The second-order valence-corrected chi connectivity index (χ2v) is 6.81. The minimum atomic E-state index is -3.33. The van der Waals surface area contributed by atoms with Crippen molar-refractivity contribution in [2.75, 3.05) is 12.8 Å². The molecule has 108 valence electrons. The summed E-state index contributed by atoms with van der Waals surface area (Å²) in [5, 5.41) is 10.9. The third-order valence-electron chi connectivity index (χ3n) is 3.35. The maximum absolute atomic E-state index is 11.6. The number of rotatable bonds is 6. The molecule has 7 heteroatoms. The molecule has 1 amide bonds. The third-order valence-corrected chi connectivity index (χ3v) is 4.09. The fourth-order valence-electron chi connectivity index (χ4n) is 2.53. The summed E-state index contributed by atoms with van der Waals surface area (Å²) in [5.41, 5.74) is 0. The average Bonchev–Trinajstić information content (AvgIpc) is 2.35. The van der Waals surface area contributed by atoms with Crippen LogP contribution in [0.25, 0.3) is 0 Å². The first-order valence-corrected chi connectivity index (χ1v) is 8.42. The standard InChI is InChI=1S/C12H21N3O3S/c1-19(17,18)15-11(9-12(16)14-8-7-13)10-5-3-2-4-6-10/h10-11,15H,2-6,8-9H2,1H3,(H,14,16). The fourth-order valence-corrected chi connectivity index (χ4v) is 3.35. The Kier molecular flexibility index (Phi) is 6.25. The normalized spacial score (nSPS) is 18.5. The van der Waals surface area contributed by atoms with Crippen LogP contribution < -0.4 is 10.0 Å². The lowest BCUT2D eigenvalue weighted by molar-refractivity contribution is -0.121. The molecule has 0 aromatic rings. The van der Waals surface area contributed by atoms with E-state index in [1.165, 1.54) is 6.42 Å². The molecule has 0 aromatic heterocycles. The van der Waals surface area contributed by atoms with Gasteiger partial charge in [-0.1, -0.05) is 19.3 Å². The predicted octanol–water partition coefficient (Wildman–Crippen LogP) is 0.514. The maximum Gasteiger partial charge on any atom is 0.222 e. The van der Waals surface area contributed by atoms with Gasteiger partial charge >= 0.3 is 0 Å². The Labute approximate surface area is 114 Å². The molecule has 0 heterocycles. The van der Waals surface area contributed by atoms with Crippen molar-refractivity contribution < 1.29 is 13.2 Å². The minimum absolute atomic E-state index is 0.0465. The monoisotopic (exact) mass is 287 g/mol. The van der Waals surface area contributed by atoms with Crippen LogP contribution in [0.5, 0.6) is 0 Å². The molecule has 1 rings (SSSR count). The molecule has 1 unspecified atom stereocenters. The van der Waals surface area contributed by atoms with Gasteiger partial charge in [0.2, 0.25) is 15.9 Å². The fraction of sp³-hybridized carbons (Fsp3) is 0.833. The van der Waals surface area contributed by atoms with E-state index >= 15 is 0 Å². The van der Waals surface area contributed by atoms with Crippen LogP contribution in [0.15, 0.2) is 0 Å². The van der Waals surface area contributed by atoms with Crippen molar-refractivity contribution in [3.05, 3.63) is 0 Å². The van der Waals surface area contributed by atoms with Crippen LogP contribution in [-0.4, -0.2) is 33.2 Å². The van der Waals surface area contributed by atoms with Crippen LogP contribution in [0.3, 0.4) is 0 Å². The lowest BCUT2D eigenvalue weighted by Gasteiger charge is -2.29. The third kappa shape index (κ3) is 6.55. The van der Waals surface area contributed by atoms with Gasteiger partial charge in [-0.15, -0.1) is 0 Å². The molecule has 6 nitrogen and oxygen atoms in total. The Bertz CT molecular complexity index is 436. The van der Waals surface area contributed by atoms with Crippen molar-refractivity contribution in [2.24, 2.45) is 5.92 Å². The number of hydrogen-bond donors (Lipinski definition) is 2. The van der Waals surface area contributed by atoms with Gasteiger partial charge in [0, 0.05) is 12.5 Å². The minimum Gasteiger partial charge on any atom is -0.343 e. The summed E-state index contributed by atoms with van der Waals surface area (Å²) < 4.78 is 25.3. The van der Waals surface area contributed by atoms with Crippen LogP contribution in [0.1, 0.15) is 38.5 Å². The van der Waals surface area contributed by atoms with Gasteiger partial charge in [-0.05, 0) is 18.8 Å². The van der Waals surface area contributed by atoms with E-state index in [0.717, 1.165) is 31.9 Å². The largest absolute Gasteiger partial charge is 0.343 e. The average molecular weight is 287 g/mol. The lowest BCUT2D eigenvalue weighted by atomic mass is 9.83. The summed E-state index contributed by atoms with van der Waals surface area (Å²) in [6.07, 6.45) is 6.41. The van der Waals surface area contributed by atoms with Gasteiger partial charge in [0.15, 0.2) is 0 Å². The first-order chi connectivity index (χ1) is 8.92. The van der Waals surface area contributed by atoms with E-state index in [1.54, 1.807) is 0 Å². The van der Waals surface area contributed by atoms with Crippen molar-refractivity contribution in [3.63, 3.8) is 0 Å². The summed E-state index contributed by atoms with van der Waals surface area (Å²) in [7, 11) is -3.33. The number of hydrogen-bond acceptors (Lipinski definition) is 4. The molecule has 0 saturated heterocycles. The molecule has 0 bridgehead atoms. The first kappa shape index (κ1) is 15.9. The molecule has 1 fully saturated rings. The smallest absolute Gasteiger partial charge is 0.222 e. The number of carbonyl (C=O) groups is 1. The van der Waals surface area contributed by atoms with E-state index in [9.17, 15) is 13.2 Å². The molecule has 0 spiro atoms. The molecule has 19 heavy (non-hydrogen) atoms. The quantitative estimate of drug-likeness (QED) is 0.695. The molecular weight excluding hydrogens is 266 g/mol. The Hall–Kier alpha value is -1.13. The zero-order chi connectivity index (χ0) is 14.3. The number of nitriles is 1. The Morgan fingerprint density at radius 1 is 1.37 bits per heavy atom. The van der Waals surface area contributed by atoms with E-state index in [1.807, 2.05) is 6.07 Å². The number of sulfonamides is 1. The zero-order valence-corrected chi connectivity index (χ0v) is 12.0. The molecule has 1 atom stereocenters. The molecule has 0 radical (unpaired) electrons. The van der Waals surface area contributed by atoms with E-state index < -0.39 is 10.0 Å². The van der Waals surface area contributed by atoms with Gasteiger partial charge in [0.25, 0.3) is 0 Å². The molecule has 1 aliphatic carbocycles. The summed E-state index contributed by atoms with van der Waals surface area (Å²) in [6, 6.07) is 1.46. The Balaban J connectivity index is 2.63. The van der Waals surface area contributed by atoms with Gasteiger partial charge in [-0.25, -0.2) is 13.1 Å². The van der Waals surface area contributed by atoms with Gasteiger partial charge in [-0.3, -0.25) is 4.79 Å². The summed E-state index contributed by atoms with van der Waals surface area (Å²) >= 11 is 0. The number of nitrogens with one attached hydrogen (secondary N) is 2. The summed E-state index contributed by atoms with van der Waals surface area (Å²) in [6.45, 7) is -0.0465. The Morgan fingerprint density at radius 2 is 2.00 bits per heavy atom. The molecule has 1 saturated carbocycles. The van der Waals surface area contributed by atoms with Crippen LogP contribution in [-0.2, 0) is 14.8 Å². The summed E-state index contributed by atoms with van der Waals surface area (Å²) in [5.74, 6) is -0.0791. The molecule has 0 aromatic carbocycles. The van der Waals surface area contributed by atoms with Crippen molar-refractivity contribution in [1.29, 1.82) is 5.26 Å². The first-order valence-electron chi connectivity index (χ1n) is 6.53. The highest BCUT2D eigenvalue weighted by atomic mass is 32.2. The van der Waals surface area contributed by atoms with Gasteiger partial charge in [0.05, 0.1) is 12.3 Å². The van der Waals surface area contributed by atoms with Crippen molar-refractivity contribution in [3.8, 4) is 6.07 Å². The number of amides is 1. The number of nitrogens with zero attached hydrogens (tertiary/aromatic N) is 1. The Morgan fingerprint density at radius 3 is 2.53 bits per heavy atom. The topological polar surface area (TPSA) is 99.1 Å². The highest BCUT2D eigenvalue weighted by molar-refractivity contribution is 7.88. The highest BCUT2D eigenvalue weighted by Crippen LogP contribution is 2.28. The second-order valence-electron chi connectivity index (χ2n) is 5.03. The van der Waals surface area contributed by atoms with Crippen LogP contribution in [0.4, 0.5) is 0 Å². The molecule has 0 aliphatic heterocycles. The maximum atomic E-state index is 11.6. The summed E-state index contributed by atoms with van der Waals surface area (Å²) in [4.78, 5) is 11.6. The second kappa shape index (κ2) is 7.46.